The molecule has 1 saturated carbocycles. The predicted molar refractivity (Wildman–Crippen MR) is 203 cm³/mol. The van der Waals surface area contributed by atoms with E-state index in [1.165, 1.54) is 38.9 Å². The molecule has 0 aliphatic heterocycles. The highest BCUT2D eigenvalue weighted by molar-refractivity contribution is 7.89. The van der Waals surface area contributed by atoms with Gasteiger partial charge in [-0.3, -0.25) is 4.79 Å². The number of oxime groups is 1. The summed E-state index contributed by atoms with van der Waals surface area (Å²) in [5, 5.41) is 32.4. The predicted octanol–water partition coefficient (Wildman–Crippen LogP) is 3.98. The molecule has 0 spiro atoms. The topological polar surface area (TPSA) is 191 Å². The van der Waals surface area contributed by atoms with Crippen molar-refractivity contribution in [1.82, 2.24) is 24.8 Å². The van der Waals surface area contributed by atoms with Crippen LogP contribution in [-0.2, 0) is 34.2 Å². The Labute approximate surface area is 311 Å². The van der Waals surface area contributed by atoms with Crippen LogP contribution in [0.15, 0.2) is 70.0 Å². The Bertz CT molecular complexity index is 1700. The van der Waals surface area contributed by atoms with Crippen LogP contribution in [0.25, 0.3) is 0 Å². The number of aliphatic hydroxyl groups excluding tert-OH is 1. The van der Waals surface area contributed by atoms with Crippen LogP contribution in [0.1, 0.15) is 67.8 Å². The molecule has 13 nitrogen and oxygen atoms in total. The van der Waals surface area contributed by atoms with Crippen molar-refractivity contribution in [1.29, 1.82) is 0 Å². The maximum atomic E-state index is 14.1. The Hall–Kier alpha value is -3.89. The van der Waals surface area contributed by atoms with Gasteiger partial charge in [-0.25, -0.2) is 18.2 Å². The first-order valence-corrected chi connectivity index (χ1v) is 20.2. The van der Waals surface area contributed by atoms with Crippen molar-refractivity contribution in [2.45, 2.75) is 88.4 Å². The van der Waals surface area contributed by atoms with E-state index in [1.807, 2.05) is 49.6 Å². The van der Waals surface area contributed by atoms with E-state index >= 15 is 0 Å². The maximum Gasteiger partial charge on any atom is 0.318 e. The van der Waals surface area contributed by atoms with Crippen LogP contribution in [0.5, 0.6) is 0 Å². The summed E-state index contributed by atoms with van der Waals surface area (Å²) in [5.74, 6) is -0.579. The Balaban J connectivity index is 1.56. The molecule has 3 aromatic rings. The van der Waals surface area contributed by atoms with Crippen LogP contribution in [0, 0.1) is 11.8 Å². The summed E-state index contributed by atoms with van der Waals surface area (Å²) in [4.78, 5) is 33.5. The van der Waals surface area contributed by atoms with Gasteiger partial charge in [-0.15, -0.1) is 11.3 Å². The molecule has 2 aromatic carbocycles. The van der Waals surface area contributed by atoms with Gasteiger partial charge in [-0.2, -0.15) is 4.31 Å². The second-order valence-electron chi connectivity index (χ2n) is 13.6. The first kappa shape index (κ1) is 40.9. The Morgan fingerprint density at radius 3 is 2.44 bits per heavy atom. The lowest BCUT2D eigenvalue weighted by Gasteiger charge is -2.33. The molecule has 284 valence electrons. The van der Waals surface area contributed by atoms with E-state index in [0.29, 0.717) is 24.9 Å². The van der Waals surface area contributed by atoms with Gasteiger partial charge in [0, 0.05) is 31.9 Å². The quantitative estimate of drug-likeness (QED) is 0.0690. The summed E-state index contributed by atoms with van der Waals surface area (Å²) in [6, 6.07) is 13.1. The van der Waals surface area contributed by atoms with Crippen molar-refractivity contribution in [3.8, 4) is 0 Å². The molecular weight excluding hydrogens is 703 g/mol. The number of aliphatic hydroxyl groups is 1. The van der Waals surface area contributed by atoms with Crippen molar-refractivity contribution in [3.05, 3.63) is 81.8 Å². The highest BCUT2D eigenvalue weighted by Crippen LogP contribution is 2.28. The van der Waals surface area contributed by atoms with E-state index in [1.54, 1.807) is 19.2 Å². The third kappa shape index (κ3) is 11.6. The number of nitrogens with two attached hydrogens (primary N) is 1. The monoisotopic (exact) mass is 755 g/mol. The number of urea groups is 1. The van der Waals surface area contributed by atoms with E-state index in [9.17, 15) is 23.1 Å². The molecule has 1 fully saturated rings. The van der Waals surface area contributed by atoms with E-state index in [4.69, 9.17) is 10.9 Å². The molecule has 4 rings (SSSR count). The van der Waals surface area contributed by atoms with Crippen LogP contribution in [0.2, 0.25) is 0 Å². The summed E-state index contributed by atoms with van der Waals surface area (Å²) < 4.78 is 29.5. The number of hydrogen-bond donors (Lipinski definition) is 5. The molecule has 52 heavy (non-hydrogen) atoms. The van der Waals surface area contributed by atoms with Gasteiger partial charge in [-0.05, 0) is 60.9 Å². The van der Waals surface area contributed by atoms with Crippen LogP contribution in [-0.4, -0.2) is 95.9 Å². The summed E-state index contributed by atoms with van der Waals surface area (Å²) in [6.07, 6.45) is 5.21. The lowest BCUT2D eigenvalue weighted by molar-refractivity contribution is -0.125. The zero-order valence-electron chi connectivity index (χ0n) is 30.2. The van der Waals surface area contributed by atoms with E-state index in [-0.39, 0.29) is 42.8 Å². The molecule has 6 N–H and O–H groups in total. The molecule has 1 aliphatic carbocycles. The normalized spacial score (nSPS) is 16.1. The summed E-state index contributed by atoms with van der Waals surface area (Å²) in [6.45, 7) is 4.52. The molecule has 1 aromatic heterocycles. The minimum atomic E-state index is -4.06. The van der Waals surface area contributed by atoms with Crippen LogP contribution < -0.4 is 16.4 Å². The molecular formula is C37H53N7O6S2. The number of carbonyl (C=O) groups excluding carboxylic acids is 2. The minimum Gasteiger partial charge on any atom is -0.411 e. The molecule has 0 bridgehead atoms. The fourth-order valence-electron chi connectivity index (χ4n) is 6.37. The summed E-state index contributed by atoms with van der Waals surface area (Å²) >= 11 is 1.49. The number of carbonyl (C=O) groups is 2. The zero-order chi connectivity index (χ0) is 37.7. The Kier molecular flexibility index (Phi) is 15.6. The number of nitrogens with one attached hydrogen (secondary N) is 2. The van der Waals surface area contributed by atoms with E-state index < -0.39 is 40.1 Å². The second kappa shape index (κ2) is 19.8. The molecule has 1 aliphatic rings. The molecule has 4 atom stereocenters. The molecule has 3 amide bonds. The van der Waals surface area contributed by atoms with Gasteiger partial charge in [0.25, 0.3) is 0 Å². The third-order valence-electron chi connectivity index (χ3n) is 9.62. The highest BCUT2D eigenvalue weighted by Gasteiger charge is 2.35. The van der Waals surface area contributed by atoms with E-state index in [2.05, 4.69) is 20.8 Å². The maximum absolute atomic E-state index is 14.1. The van der Waals surface area contributed by atoms with Crippen molar-refractivity contribution in [2.75, 3.05) is 26.7 Å². The third-order valence-corrected chi connectivity index (χ3v) is 12.4. The van der Waals surface area contributed by atoms with Crippen LogP contribution in [0.4, 0.5) is 4.79 Å². The SMILES string of the molecule is CC[C@H](C)[C@H](NC(=O)N(C)Cc1csc(CCN)n1)C(=O)N[C@@H](Cc1ccccc1)[C@@H](O)CN(CC1CCCC1)S(=O)(=O)c1ccc(C=NO)cc1. The average molecular weight is 756 g/mol. The Morgan fingerprint density at radius 2 is 1.81 bits per heavy atom. The van der Waals surface area contributed by atoms with Crippen molar-refractivity contribution < 1.29 is 28.3 Å². The van der Waals surface area contributed by atoms with Crippen molar-refractivity contribution in [2.24, 2.45) is 22.7 Å². The van der Waals surface area contributed by atoms with E-state index in [0.717, 1.165) is 41.9 Å². The number of aromatic nitrogens is 1. The number of sulfonamides is 1. The van der Waals surface area contributed by atoms with Gasteiger partial charge in [-0.1, -0.05) is 80.7 Å². The molecule has 1 heterocycles. The summed E-state index contributed by atoms with van der Waals surface area (Å²) in [7, 11) is -2.42. The fraction of sp³-hybridized carbons (Fsp3) is 0.514. The number of amides is 3. The Morgan fingerprint density at radius 1 is 1.12 bits per heavy atom. The van der Waals surface area contributed by atoms with Gasteiger partial charge in [0.15, 0.2) is 0 Å². The lowest BCUT2D eigenvalue weighted by Crippen LogP contribution is -2.58. The fourth-order valence-corrected chi connectivity index (χ4v) is 8.71. The van der Waals surface area contributed by atoms with Crippen molar-refractivity contribution in [3.63, 3.8) is 0 Å². The number of nitrogens with zero attached hydrogens (tertiary/aromatic N) is 4. The number of thiazole rings is 1. The number of benzene rings is 2. The van der Waals surface area contributed by atoms with Gasteiger partial charge in [0.05, 0.1) is 40.5 Å². The smallest absolute Gasteiger partial charge is 0.318 e. The molecule has 0 radical (unpaired) electrons. The minimum absolute atomic E-state index is 0.0494. The summed E-state index contributed by atoms with van der Waals surface area (Å²) in [5.41, 5.74) is 7.76. The first-order chi connectivity index (χ1) is 24.9. The van der Waals surface area contributed by atoms with Crippen molar-refractivity contribution >= 4 is 39.5 Å². The highest BCUT2D eigenvalue weighted by atomic mass is 32.2. The van der Waals surface area contributed by atoms with Gasteiger partial charge >= 0.3 is 6.03 Å². The van der Waals surface area contributed by atoms with Gasteiger partial charge < -0.3 is 31.6 Å². The van der Waals surface area contributed by atoms with Gasteiger partial charge in [0.2, 0.25) is 15.9 Å². The number of hydrogen-bond acceptors (Lipinski definition) is 10. The largest absolute Gasteiger partial charge is 0.411 e. The molecule has 0 saturated heterocycles. The van der Waals surface area contributed by atoms with Gasteiger partial charge in [0.1, 0.15) is 6.04 Å². The molecule has 15 heteroatoms. The number of rotatable bonds is 19. The lowest BCUT2D eigenvalue weighted by atomic mass is 9.96. The second-order valence-corrected chi connectivity index (χ2v) is 16.5. The zero-order valence-corrected chi connectivity index (χ0v) is 31.9. The first-order valence-electron chi connectivity index (χ1n) is 17.9. The standard InChI is InChI=1S/C37H53N7O6S2/c1-4-26(2)35(42-37(47)43(3)23-30-25-51-34(40-30)18-19-38)36(46)41-32(20-27-10-6-5-7-11-27)33(45)24-44(22-29-12-8-9-13-29)52(49,50)31-16-14-28(15-17-31)21-39-48/h5-7,10-11,14-17,21,25-26,29,32-33,35,45,48H,4,8-9,12-13,18-20,22-24,38H2,1-3H3,(H,41,46)(H,42,47)/t26-,32-,33-,35-/m0/s1. The average Bonchev–Trinajstić information content (AvgIpc) is 3.82. The van der Waals surface area contributed by atoms with Crippen LogP contribution in [0.3, 0.4) is 0 Å². The van der Waals surface area contributed by atoms with Crippen LogP contribution >= 0.6 is 11.3 Å². The molecule has 0 unspecified atom stereocenters.